The first-order valence-electron chi connectivity index (χ1n) is 8.42. The molecule has 0 bridgehead atoms. The maximum absolute atomic E-state index is 13.0. The fourth-order valence-electron chi connectivity index (χ4n) is 2.94. The lowest BCUT2D eigenvalue weighted by Crippen LogP contribution is -2.44. The summed E-state index contributed by atoms with van der Waals surface area (Å²) in [5, 5.41) is 5.84. The number of amides is 2. The highest BCUT2D eigenvalue weighted by Gasteiger charge is 2.23. The van der Waals surface area contributed by atoms with Crippen LogP contribution in [0.1, 0.15) is 17.8 Å². The second-order valence-electron chi connectivity index (χ2n) is 6.21. The van der Waals surface area contributed by atoms with E-state index in [1.165, 1.54) is 12.1 Å². The molecule has 1 aromatic heterocycles. The summed E-state index contributed by atoms with van der Waals surface area (Å²) in [6, 6.07) is 6.35. The molecule has 1 aliphatic rings. The molecule has 0 aliphatic carbocycles. The van der Waals surface area contributed by atoms with Crippen molar-refractivity contribution >= 4 is 11.7 Å². The molecule has 1 atom stereocenters. The van der Waals surface area contributed by atoms with Crippen molar-refractivity contribution in [1.29, 1.82) is 0 Å². The van der Waals surface area contributed by atoms with Gasteiger partial charge in [0.1, 0.15) is 5.82 Å². The number of carbonyl (C=O) groups excluding carboxylic acids is 1. The maximum Gasteiger partial charge on any atom is 0.315 e. The second kappa shape index (κ2) is 7.92. The van der Waals surface area contributed by atoms with Crippen LogP contribution in [0.3, 0.4) is 0 Å². The Hall–Kier alpha value is -2.70. The Morgan fingerprint density at radius 3 is 2.88 bits per heavy atom. The third kappa shape index (κ3) is 4.89. The molecular formula is C18H22FN5O. The summed E-state index contributed by atoms with van der Waals surface area (Å²) >= 11 is 0. The number of halogens is 1. The normalized spacial score (nSPS) is 16.7. The van der Waals surface area contributed by atoms with Gasteiger partial charge in [0.25, 0.3) is 0 Å². The zero-order valence-corrected chi connectivity index (χ0v) is 14.2. The largest absolute Gasteiger partial charge is 0.369 e. The number of nitrogens with one attached hydrogen (secondary N) is 2. The van der Waals surface area contributed by atoms with E-state index in [0.29, 0.717) is 13.0 Å². The molecule has 7 heteroatoms. The average Bonchev–Trinajstić information content (AvgIpc) is 3.04. The molecule has 1 aromatic carbocycles. The Morgan fingerprint density at radius 2 is 2.12 bits per heavy atom. The van der Waals surface area contributed by atoms with E-state index in [1.807, 2.05) is 6.92 Å². The van der Waals surface area contributed by atoms with Crippen LogP contribution in [-0.2, 0) is 6.42 Å². The van der Waals surface area contributed by atoms with Crippen LogP contribution in [-0.4, -0.2) is 41.7 Å². The molecule has 2 amide bonds. The summed E-state index contributed by atoms with van der Waals surface area (Å²) in [5.74, 6) is -0.240. The molecule has 1 fully saturated rings. The Morgan fingerprint density at radius 1 is 1.32 bits per heavy atom. The first-order valence-corrected chi connectivity index (χ1v) is 8.42. The highest BCUT2D eigenvalue weighted by Crippen LogP contribution is 2.20. The summed E-state index contributed by atoms with van der Waals surface area (Å²) in [7, 11) is 0. The van der Waals surface area contributed by atoms with Gasteiger partial charge in [-0.2, -0.15) is 0 Å². The fourth-order valence-corrected chi connectivity index (χ4v) is 2.94. The number of carbonyl (C=O) groups is 1. The van der Waals surface area contributed by atoms with Gasteiger partial charge >= 0.3 is 6.03 Å². The van der Waals surface area contributed by atoms with Gasteiger partial charge < -0.3 is 15.5 Å². The van der Waals surface area contributed by atoms with Crippen molar-refractivity contribution in [3.63, 3.8) is 0 Å². The molecular weight excluding hydrogens is 321 g/mol. The van der Waals surface area contributed by atoms with Crippen LogP contribution < -0.4 is 15.5 Å². The van der Waals surface area contributed by atoms with Crippen molar-refractivity contribution in [2.75, 3.05) is 24.5 Å². The van der Waals surface area contributed by atoms with Gasteiger partial charge in [-0.1, -0.05) is 0 Å². The minimum absolute atomic E-state index is 0.0869. The van der Waals surface area contributed by atoms with Crippen LogP contribution in [0.15, 0.2) is 36.7 Å². The summed E-state index contributed by atoms with van der Waals surface area (Å²) in [5.41, 5.74) is 2.71. The van der Waals surface area contributed by atoms with E-state index in [1.54, 1.807) is 24.5 Å². The van der Waals surface area contributed by atoms with Crippen LogP contribution in [0.25, 0.3) is 0 Å². The van der Waals surface area contributed by atoms with Crippen LogP contribution in [0, 0.1) is 12.7 Å². The monoisotopic (exact) mass is 343 g/mol. The number of benzene rings is 1. The summed E-state index contributed by atoms with van der Waals surface area (Å²) in [6.07, 6.45) is 4.93. The topological polar surface area (TPSA) is 70.2 Å². The lowest BCUT2D eigenvalue weighted by molar-refractivity contribution is 0.238. The van der Waals surface area contributed by atoms with Gasteiger partial charge in [-0.25, -0.2) is 9.18 Å². The van der Waals surface area contributed by atoms with Gasteiger partial charge in [-0.3, -0.25) is 9.97 Å². The van der Waals surface area contributed by atoms with E-state index in [0.717, 1.165) is 36.6 Å². The molecule has 2 N–H and O–H groups in total. The predicted molar refractivity (Wildman–Crippen MR) is 94.0 cm³/mol. The molecule has 0 radical (unpaired) electrons. The number of anilines is 1. The van der Waals surface area contributed by atoms with E-state index >= 15 is 0 Å². The summed E-state index contributed by atoms with van der Waals surface area (Å²) in [4.78, 5) is 22.6. The Labute approximate surface area is 146 Å². The predicted octanol–water partition coefficient (Wildman–Crippen LogP) is 2.04. The lowest BCUT2D eigenvalue weighted by atomic mass is 10.2. The molecule has 0 spiro atoms. The Kier molecular flexibility index (Phi) is 5.42. The molecule has 0 saturated carbocycles. The van der Waals surface area contributed by atoms with Crippen molar-refractivity contribution in [1.82, 2.24) is 20.6 Å². The van der Waals surface area contributed by atoms with Gasteiger partial charge in [0.15, 0.2) is 0 Å². The summed E-state index contributed by atoms with van der Waals surface area (Å²) in [6.45, 7) is 3.97. The number of nitrogens with zero attached hydrogens (tertiary/aromatic N) is 3. The number of urea groups is 1. The number of hydrogen-bond donors (Lipinski definition) is 2. The Bertz CT molecular complexity index is 722. The second-order valence-corrected chi connectivity index (χ2v) is 6.21. The van der Waals surface area contributed by atoms with Crippen molar-refractivity contribution in [3.8, 4) is 0 Å². The van der Waals surface area contributed by atoms with Crippen molar-refractivity contribution < 1.29 is 9.18 Å². The molecule has 132 valence electrons. The highest BCUT2D eigenvalue weighted by molar-refractivity contribution is 5.74. The van der Waals surface area contributed by atoms with Crippen molar-refractivity contribution in [2.24, 2.45) is 0 Å². The van der Waals surface area contributed by atoms with Gasteiger partial charge in [-0.15, -0.1) is 0 Å². The van der Waals surface area contributed by atoms with Crippen LogP contribution in [0.4, 0.5) is 14.9 Å². The minimum atomic E-state index is -0.240. The molecule has 6 nitrogen and oxygen atoms in total. The minimum Gasteiger partial charge on any atom is -0.369 e. The van der Waals surface area contributed by atoms with E-state index in [-0.39, 0.29) is 17.9 Å². The number of hydrogen-bond acceptors (Lipinski definition) is 4. The highest BCUT2D eigenvalue weighted by atomic mass is 19.1. The molecule has 1 aliphatic heterocycles. The molecule has 1 saturated heterocycles. The molecule has 25 heavy (non-hydrogen) atoms. The van der Waals surface area contributed by atoms with Gasteiger partial charge in [0.2, 0.25) is 0 Å². The van der Waals surface area contributed by atoms with Crippen molar-refractivity contribution in [2.45, 2.75) is 25.8 Å². The summed E-state index contributed by atoms with van der Waals surface area (Å²) < 4.78 is 13.0. The fraction of sp³-hybridized carbons (Fsp3) is 0.389. The SMILES string of the molecule is Cc1cncc(CCNC(=O)NC2CCN(c3ccc(F)cc3)C2)n1. The van der Waals surface area contributed by atoms with E-state index in [2.05, 4.69) is 25.5 Å². The molecule has 2 aromatic rings. The average molecular weight is 343 g/mol. The van der Waals surface area contributed by atoms with E-state index < -0.39 is 0 Å². The van der Waals surface area contributed by atoms with Gasteiger partial charge in [0.05, 0.1) is 11.4 Å². The van der Waals surface area contributed by atoms with E-state index in [4.69, 9.17) is 0 Å². The van der Waals surface area contributed by atoms with Gasteiger partial charge in [-0.05, 0) is 37.6 Å². The van der Waals surface area contributed by atoms with Crippen LogP contribution >= 0.6 is 0 Å². The van der Waals surface area contributed by atoms with Crippen molar-refractivity contribution in [3.05, 3.63) is 53.9 Å². The zero-order valence-electron chi connectivity index (χ0n) is 14.2. The standard InChI is InChI=1S/C18H22FN5O/c1-13-10-20-11-15(22-13)6-8-21-18(25)23-16-7-9-24(12-16)17-4-2-14(19)3-5-17/h2-5,10-11,16H,6-9,12H2,1H3,(H2,21,23,25). The third-order valence-electron chi connectivity index (χ3n) is 4.19. The lowest BCUT2D eigenvalue weighted by Gasteiger charge is -2.19. The van der Waals surface area contributed by atoms with Crippen LogP contribution in [0.5, 0.6) is 0 Å². The first kappa shape index (κ1) is 17.1. The van der Waals surface area contributed by atoms with Crippen LogP contribution in [0.2, 0.25) is 0 Å². The Balaban J connectivity index is 1.40. The number of aromatic nitrogens is 2. The first-order chi connectivity index (χ1) is 12.1. The molecule has 2 heterocycles. The number of rotatable bonds is 5. The molecule has 3 rings (SSSR count). The molecule has 1 unspecified atom stereocenters. The third-order valence-corrected chi connectivity index (χ3v) is 4.19. The van der Waals surface area contributed by atoms with Gasteiger partial charge in [0, 0.05) is 50.2 Å². The number of aryl methyl sites for hydroxylation is 1. The maximum atomic E-state index is 13.0. The zero-order chi connectivity index (χ0) is 17.6. The quantitative estimate of drug-likeness (QED) is 0.872. The smallest absolute Gasteiger partial charge is 0.315 e. The van der Waals surface area contributed by atoms with E-state index in [9.17, 15) is 9.18 Å².